The highest BCUT2D eigenvalue weighted by Gasteiger charge is 2.17. The molecule has 0 bridgehead atoms. The van der Waals surface area contributed by atoms with Crippen molar-refractivity contribution in [3.05, 3.63) is 58.6 Å². The molecule has 0 aliphatic heterocycles. The normalized spacial score (nSPS) is 11.8. The van der Waals surface area contributed by atoms with Gasteiger partial charge in [0.2, 0.25) is 15.9 Å². The van der Waals surface area contributed by atoms with Crippen LogP contribution in [0.1, 0.15) is 57.1 Å². The van der Waals surface area contributed by atoms with Gasteiger partial charge in [-0.25, -0.2) is 13.1 Å². The summed E-state index contributed by atoms with van der Waals surface area (Å²) < 4.78 is 27.1. The van der Waals surface area contributed by atoms with Gasteiger partial charge in [-0.05, 0) is 41.2 Å². The lowest BCUT2D eigenvalue weighted by atomic mass is 9.92. The molecule has 7 heteroatoms. The van der Waals surface area contributed by atoms with Gasteiger partial charge in [0.1, 0.15) is 0 Å². The molecular weight excluding hydrogens is 396 g/mol. The predicted octanol–water partition coefficient (Wildman–Crippen LogP) is 4.89. The van der Waals surface area contributed by atoms with Crippen molar-refractivity contribution in [1.82, 2.24) is 4.72 Å². The fourth-order valence-electron chi connectivity index (χ4n) is 2.91. The number of para-hydroxylation sites is 1. The monoisotopic (exact) mass is 422 g/mol. The van der Waals surface area contributed by atoms with E-state index in [0.717, 1.165) is 16.8 Å². The van der Waals surface area contributed by atoms with E-state index in [2.05, 4.69) is 37.7 Å². The third-order valence-electron chi connectivity index (χ3n) is 4.39. The maximum absolute atomic E-state index is 12.5. The van der Waals surface area contributed by atoms with Gasteiger partial charge in [-0.3, -0.25) is 4.79 Å². The van der Waals surface area contributed by atoms with Crippen molar-refractivity contribution in [3.63, 3.8) is 0 Å². The van der Waals surface area contributed by atoms with Crippen LogP contribution in [0.25, 0.3) is 0 Å². The zero-order valence-corrected chi connectivity index (χ0v) is 18.2. The first kappa shape index (κ1) is 22.4. The van der Waals surface area contributed by atoms with Crippen molar-refractivity contribution in [2.75, 3.05) is 11.9 Å². The molecule has 0 radical (unpaired) electrons. The van der Waals surface area contributed by atoms with Gasteiger partial charge in [0.15, 0.2) is 0 Å². The molecule has 0 saturated heterocycles. The first-order valence-electron chi connectivity index (χ1n) is 9.29. The molecule has 2 aromatic rings. The molecule has 0 spiro atoms. The molecule has 0 aliphatic rings. The van der Waals surface area contributed by atoms with E-state index < -0.39 is 10.0 Å². The topological polar surface area (TPSA) is 75.3 Å². The van der Waals surface area contributed by atoms with Crippen LogP contribution in [-0.2, 0) is 14.8 Å². The van der Waals surface area contributed by atoms with Gasteiger partial charge in [0.05, 0.1) is 4.90 Å². The Morgan fingerprint density at radius 2 is 1.57 bits per heavy atom. The summed E-state index contributed by atoms with van der Waals surface area (Å²) in [7, 11) is -3.71. The standard InChI is InChI=1S/C21H27ClN2O3S/c1-14(2)18-9-6-10-19(15(3)4)21(18)24-20(25)11-12-23-28(26,27)17-8-5-7-16(22)13-17/h5-10,13-15,23H,11-12H2,1-4H3,(H,24,25). The summed E-state index contributed by atoms with van der Waals surface area (Å²) in [5.41, 5.74) is 2.97. The Morgan fingerprint density at radius 1 is 1.00 bits per heavy atom. The highest BCUT2D eigenvalue weighted by molar-refractivity contribution is 7.89. The highest BCUT2D eigenvalue weighted by Crippen LogP contribution is 2.32. The summed E-state index contributed by atoms with van der Waals surface area (Å²) in [6.45, 7) is 8.31. The Morgan fingerprint density at radius 3 is 2.11 bits per heavy atom. The molecule has 28 heavy (non-hydrogen) atoms. The Hall–Kier alpha value is -1.89. The molecular formula is C21H27ClN2O3S. The Balaban J connectivity index is 2.05. The van der Waals surface area contributed by atoms with E-state index in [1.54, 1.807) is 12.1 Å². The highest BCUT2D eigenvalue weighted by atomic mass is 35.5. The zero-order chi connectivity index (χ0) is 20.9. The van der Waals surface area contributed by atoms with E-state index in [1.807, 2.05) is 18.2 Å². The zero-order valence-electron chi connectivity index (χ0n) is 16.6. The second kappa shape index (κ2) is 9.54. The third-order valence-corrected chi connectivity index (χ3v) is 6.08. The maximum Gasteiger partial charge on any atom is 0.240 e. The van der Waals surface area contributed by atoms with E-state index in [-0.39, 0.29) is 35.6 Å². The van der Waals surface area contributed by atoms with Crippen molar-refractivity contribution in [2.45, 2.75) is 50.8 Å². The molecule has 0 aliphatic carbocycles. The van der Waals surface area contributed by atoms with Crippen molar-refractivity contribution in [3.8, 4) is 0 Å². The molecule has 2 rings (SSSR count). The molecule has 0 atom stereocenters. The minimum absolute atomic E-state index is 0.00153. The number of hydrogen-bond acceptors (Lipinski definition) is 3. The summed E-state index contributed by atoms with van der Waals surface area (Å²) >= 11 is 5.85. The van der Waals surface area contributed by atoms with Crippen LogP contribution in [0.2, 0.25) is 5.02 Å². The van der Waals surface area contributed by atoms with E-state index in [4.69, 9.17) is 11.6 Å². The van der Waals surface area contributed by atoms with E-state index in [9.17, 15) is 13.2 Å². The lowest BCUT2D eigenvalue weighted by molar-refractivity contribution is -0.116. The lowest BCUT2D eigenvalue weighted by Gasteiger charge is -2.20. The second-order valence-corrected chi connectivity index (χ2v) is 9.48. The summed E-state index contributed by atoms with van der Waals surface area (Å²) in [6, 6.07) is 12.0. The van der Waals surface area contributed by atoms with Crippen molar-refractivity contribution >= 4 is 33.2 Å². The number of nitrogens with one attached hydrogen (secondary N) is 2. The fraction of sp³-hybridized carbons (Fsp3) is 0.381. The minimum Gasteiger partial charge on any atom is -0.326 e. The van der Waals surface area contributed by atoms with Gasteiger partial charge in [-0.15, -0.1) is 0 Å². The van der Waals surface area contributed by atoms with Crippen LogP contribution >= 0.6 is 11.6 Å². The van der Waals surface area contributed by atoms with Gasteiger partial charge in [0, 0.05) is 23.7 Å². The van der Waals surface area contributed by atoms with E-state index in [1.165, 1.54) is 12.1 Å². The first-order valence-corrected chi connectivity index (χ1v) is 11.2. The predicted molar refractivity (Wildman–Crippen MR) is 115 cm³/mol. The summed E-state index contributed by atoms with van der Waals surface area (Å²) in [5.74, 6) is 0.287. The number of carbonyl (C=O) groups excluding carboxylic acids is 1. The number of carbonyl (C=O) groups is 1. The number of halogens is 1. The molecule has 2 aromatic carbocycles. The van der Waals surface area contributed by atoms with Crippen LogP contribution in [0.4, 0.5) is 5.69 Å². The van der Waals surface area contributed by atoms with E-state index >= 15 is 0 Å². The quantitative estimate of drug-likeness (QED) is 0.635. The molecule has 5 nitrogen and oxygen atoms in total. The molecule has 0 saturated carbocycles. The van der Waals surface area contributed by atoms with Gasteiger partial charge in [-0.1, -0.05) is 63.6 Å². The molecule has 2 N–H and O–H groups in total. The molecule has 0 heterocycles. The number of benzene rings is 2. The number of rotatable bonds is 8. The maximum atomic E-state index is 12.5. The number of anilines is 1. The first-order chi connectivity index (χ1) is 13.1. The molecule has 0 fully saturated rings. The average molecular weight is 423 g/mol. The van der Waals surface area contributed by atoms with Gasteiger partial charge >= 0.3 is 0 Å². The number of hydrogen-bond donors (Lipinski definition) is 2. The van der Waals surface area contributed by atoms with Gasteiger partial charge in [0.25, 0.3) is 0 Å². The van der Waals surface area contributed by atoms with Crippen LogP contribution in [0.15, 0.2) is 47.4 Å². The Labute approximate surface area is 172 Å². The minimum atomic E-state index is -3.71. The summed E-state index contributed by atoms with van der Waals surface area (Å²) in [5, 5.41) is 3.32. The van der Waals surface area contributed by atoms with Crippen LogP contribution in [0, 0.1) is 0 Å². The van der Waals surface area contributed by atoms with Gasteiger partial charge in [-0.2, -0.15) is 0 Å². The number of amides is 1. The second-order valence-electron chi connectivity index (χ2n) is 7.27. The molecule has 0 aromatic heterocycles. The summed E-state index contributed by atoms with van der Waals surface area (Å²) in [4.78, 5) is 12.5. The Bertz CT molecular complexity index is 914. The smallest absolute Gasteiger partial charge is 0.240 e. The van der Waals surface area contributed by atoms with Gasteiger partial charge < -0.3 is 5.32 Å². The van der Waals surface area contributed by atoms with E-state index in [0.29, 0.717) is 5.02 Å². The fourth-order valence-corrected chi connectivity index (χ4v) is 4.25. The van der Waals surface area contributed by atoms with Crippen molar-refractivity contribution in [2.24, 2.45) is 0 Å². The Kier molecular flexibility index (Phi) is 7.63. The molecule has 1 amide bonds. The van der Waals surface area contributed by atoms with Crippen LogP contribution in [0.5, 0.6) is 0 Å². The lowest BCUT2D eigenvalue weighted by Crippen LogP contribution is -2.28. The van der Waals surface area contributed by atoms with Crippen LogP contribution in [-0.4, -0.2) is 20.9 Å². The van der Waals surface area contributed by atoms with Crippen molar-refractivity contribution in [1.29, 1.82) is 0 Å². The molecule has 152 valence electrons. The largest absolute Gasteiger partial charge is 0.326 e. The number of sulfonamides is 1. The van der Waals surface area contributed by atoms with Crippen LogP contribution in [0.3, 0.4) is 0 Å². The third kappa shape index (κ3) is 5.80. The van der Waals surface area contributed by atoms with Crippen LogP contribution < -0.4 is 10.0 Å². The van der Waals surface area contributed by atoms with Crippen molar-refractivity contribution < 1.29 is 13.2 Å². The SMILES string of the molecule is CC(C)c1cccc(C(C)C)c1NC(=O)CCNS(=O)(=O)c1cccc(Cl)c1. The molecule has 0 unspecified atom stereocenters. The average Bonchev–Trinajstić information content (AvgIpc) is 2.61. The summed E-state index contributed by atoms with van der Waals surface area (Å²) in [6.07, 6.45) is 0.0315.